The van der Waals surface area contributed by atoms with E-state index < -0.39 is 11.6 Å². The monoisotopic (exact) mass is 437 g/mol. The summed E-state index contributed by atoms with van der Waals surface area (Å²) in [5.74, 6) is 1.22. The van der Waals surface area contributed by atoms with Crippen LogP contribution in [0.25, 0.3) is 22.6 Å². The van der Waals surface area contributed by atoms with Gasteiger partial charge < -0.3 is 24.5 Å². The number of aromatic nitrogens is 2. The molecule has 8 nitrogen and oxygen atoms in total. The average molecular weight is 437 g/mol. The molecule has 32 heavy (non-hydrogen) atoms. The summed E-state index contributed by atoms with van der Waals surface area (Å²) >= 11 is 0. The van der Waals surface area contributed by atoms with E-state index in [0.717, 1.165) is 22.4 Å². The predicted molar refractivity (Wildman–Crippen MR) is 120 cm³/mol. The first kappa shape index (κ1) is 22.9. The van der Waals surface area contributed by atoms with Crippen molar-refractivity contribution in [3.8, 4) is 34.1 Å². The van der Waals surface area contributed by atoms with Crippen molar-refractivity contribution in [3.05, 3.63) is 54.2 Å². The Kier molecular flexibility index (Phi) is 6.82. The Morgan fingerprint density at radius 1 is 1.09 bits per heavy atom. The van der Waals surface area contributed by atoms with Crippen LogP contribution >= 0.6 is 0 Å². The second kappa shape index (κ2) is 9.55. The Balaban J connectivity index is 1.78. The molecule has 3 aromatic rings. The third-order valence-corrected chi connectivity index (χ3v) is 4.87. The summed E-state index contributed by atoms with van der Waals surface area (Å²) in [6.07, 6.45) is 1.74. The van der Waals surface area contributed by atoms with Crippen LogP contribution in [-0.4, -0.2) is 41.7 Å². The van der Waals surface area contributed by atoms with Crippen molar-refractivity contribution in [1.29, 1.82) is 0 Å². The standard InChI is InChI=1S/C24H27N3O5/c1-15(28)32-24(2,3)23(29)26-13-16-7-6-8-17(11-16)22-25-14-20(27-22)19-12-18(30-4)9-10-21(19)31-5/h6-12,14H,13H2,1-5H3,(H,25,27)(H,26,29). The van der Waals surface area contributed by atoms with Gasteiger partial charge in [-0.2, -0.15) is 0 Å². The van der Waals surface area contributed by atoms with Gasteiger partial charge in [-0.15, -0.1) is 0 Å². The van der Waals surface area contributed by atoms with E-state index in [1.807, 2.05) is 42.5 Å². The van der Waals surface area contributed by atoms with E-state index in [9.17, 15) is 9.59 Å². The van der Waals surface area contributed by atoms with Gasteiger partial charge in [-0.25, -0.2) is 4.98 Å². The zero-order valence-corrected chi connectivity index (χ0v) is 18.8. The van der Waals surface area contributed by atoms with Crippen molar-refractivity contribution < 1.29 is 23.8 Å². The van der Waals surface area contributed by atoms with Crippen LogP contribution in [0.5, 0.6) is 11.5 Å². The number of nitrogens with zero attached hydrogens (tertiary/aromatic N) is 1. The van der Waals surface area contributed by atoms with Gasteiger partial charge in [0.05, 0.1) is 26.1 Å². The molecule has 0 saturated carbocycles. The minimum atomic E-state index is -1.24. The van der Waals surface area contributed by atoms with Crippen LogP contribution in [-0.2, 0) is 20.9 Å². The number of hydrogen-bond donors (Lipinski definition) is 2. The Hall–Kier alpha value is -3.81. The summed E-state index contributed by atoms with van der Waals surface area (Å²) in [6, 6.07) is 13.2. The molecular formula is C24H27N3O5. The average Bonchev–Trinajstić information content (AvgIpc) is 3.26. The van der Waals surface area contributed by atoms with Crippen molar-refractivity contribution >= 4 is 11.9 Å². The summed E-state index contributed by atoms with van der Waals surface area (Å²) in [7, 11) is 3.23. The van der Waals surface area contributed by atoms with Gasteiger partial charge in [0.25, 0.3) is 5.91 Å². The van der Waals surface area contributed by atoms with Gasteiger partial charge in [0.2, 0.25) is 0 Å². The number of nitrogens with one attached hydrogen (secondary N) is 2. The van der Waals surface area contributed by atoms with E-state index in [-0.39, 0.29) is 12.5 Å². The van der Waals surface area contributed by atoms with E-state index in [4.69, 9.17) is 14.2 Å². The minimum absolute atomic E-state index is 0.286. The van der Waals surface area contributed by atoms with Gasteiger partial charge in [-0.05, 0) is 43.7 Å². The molecule has 0 aliphatic heterocycles. The Morgan fingerprint density at radius 3 is 2.56 bits per heavy atom. The SMILES string of the molecule is COc1ccc(OC)c(-c2cnc(-c3cccc(CNC(=O)C(C)(C)OC(C)=O)c3)[nH]2)c1. The quantitative estimate of drug-likeness (QED) is 0.521. The fourth-order valence-electron chi connectivity index (χ4n) is 3.26. The Morgan fingerprint density at radius 2 is 1.88 bits per heavy atom. The number of carbonyl (C=O) groups is 2. The van der Waals surface area contributed by atoms with E-state index in [0.29, 0.717) is 17.3 Å². The molecule has 2 N–H and O–H groups in total. The fraction of sp³-hybridized carbons (Fsp3) is 0.292. The molecule has 2 aromatic carbocycles. The van der Waals surface area contributed by atoms with E-state index >= 15 is 0 Å². The van der Waals surface area contributed by atoms with Gasteiger partial charge in [0, 0.05) is 24.6 Å². The summed E-state index contributed by atoms with van der Waals surface area (Å²) in [5, 5.41) is 2.80. The summed E-state index contributed by atoms with van der Waals surface area (Å²) in [4.78, 5) is 31.4. The lowest BCUT2D eigenvalue weighted by atomic mass is 10.1. The second-order valence-electron chi connectivity index (χ2n) is 7.70. The molecule has 1 heterocycles. The first-order valence-corrected chi connectivity index (χ1v) is 10.1. The zero-order valence-electron chi connectivity index (χ0n) is 18.8. The molecule has 0 aliphatic rings. The maximum absolute atomic E-state index is 12.4. The molecule has 8 heteroatoms. The molecule has 1 aromatic heterocycles. The van der Waals surface area contributed by atoms with Gasteiger partial charge in [0.15, 0.2) is 5.60 Å². The largest absolute Gasteiger partial charge is 0.497 e. The topological polar surface area (TPSA) is 103 Å². The van der Waals surface area contributed by atoms with Crippen molar-refractivity contribution in [3.63, 3.8) is 0 Å². The van der Waals surface area contributed by atoms with Crippen LogP contribution in [0.4, 0.5) is 0 Å². The van der Waals surface area contributed by atoms with Gasteiger partial charge >= 0.3 is 5.97 Å². The number of aromatic amines is 1. The number of esters is 1. The normalized spacial score (nSPS) is 11.0. The molecule has 0 saturated heterocycles. The molecule has 0 atom stereocenters. The van der Waals surface area contributed by atoms with Gasteiger partial charge in [-0.1, -0.05) is 18.2 Å². The molecule has 0 spiro atoms. The maximum Gasteiger partial charge on any atom is 0.303 e. The van der Waals surface area contributed by atoms with Crippen LogP contribution in [0.1, 0.15) is 26.3 Å². The number of hydrogen-bond acceptors (Lipinski definition) is 6. The van der Waals surface area contributed by atoms with Crippen LogP contribution in [0.15, 0.2) is 48.7 Å². The lowest BCUT2D eigenvalue weighted by Gasteiger charge is -2.23. The highest BCUT2D eigenvalue weighted by Gasteiger charge is 2.30. The molecule has 168 valence electrons. The van der Waals surface area contributed by atoms with Crippen LogP contribution in [0.2, 0.25) is 0 Å². The highest BCUT2D eigenvalue weighted by Crippen LogP contribution is 2.33. The van der Waals surface area contributed by atoms with Crippen molar-refractivity contribution in [2.24, 2.45) is 0 Å². The van der Waals surface area contributed by atoms with Crippen molar-refractivity contribution in [2.45, 2.75) is 32.9 Å². The number of rotatable bonds is 8. The van der Waals surface area contributed by atoms with Crippen LogP contribution < -0.4 is 14.8 Å². The lowest BCUT2D eigenvalue weighted by molar-refractivity contribution is -0.163. The van der Waals surface area contributed by atoms with Crippen molar-refractivity contribution in [2.75, 3.05) is 14.2 Å². The Bertz CT molecular complexity index is 1120. The van der Waals surface area contributed by atoms with E-state index in [1.54, 1.807) is 34.3 Å². The maximum atomic E-state index is 12.4. The zero-order chi connectivity index (χ0) is 23.3. The predicted octanol–water partition coefficient (Wildman–Crippen LogP) is 3.72. The number of H-pyrrole nitrogens is 1. The third-order valence-electron chi connectivity index (χ3n) is 4.87. The number of carbonyl (C=O) groups excluding carboxylic acids is 2. The smallest absolute Gasteiger partial charge is 0.303 e. The number of benzene rings is 2. The van der Waals surface area contributed by atoms with Gasteiger partial charge in [0.1, 0.15) is 17.3 Å². The molecular weight excluding hydrogens is 410 g/mol. The minimum Gasteiger partial charge on any atom is -0.497 e. The Labute approximate surface area is 186 Å². The molecule has 0 aliphatic carbocycles. The van der Waals surface area contributed by atoms with Gasteiger partial charge in [-0.3, -0.25) is 9.59 Å². The fourth-order valence-corrected chi connectivity index (χ4v) is 3.26. The van der Waals surface area contributed by atoms with E-state index in [1.165, 1.54) is 6.92 Å². The molecule has 0 bridgehead atoms. The number of imidazole rings is 1. The highest BCUT2D eigenvalue weighted by atomic mass is 16.6. The number of ether oxygens (including phenoxy) is 3. The molecule has 0 unspecified atom stereocenters. The number of methoxy groups -OCH3 is 2. The summed E-state index contributed by atoms with van der Waals surface area (Å²) < 4.78 is 15.9. The third kappa shape index (κ3) is 5.26. The van der Waals surface area contributed by atoms with E-state index in [2.05, 4.69) is 15.3 Å². The molecule has 0 radical (unpaired) electrons. The summed E-state index contributed by atoms with van der Waals surface area (Å²) in [6.45, 7) is 4.67. The highest BCUT2D eigenvalue weighted by molar-refractivity contribution is 5.86. The van der Waals surface area contributed by atoms with Crippen LogP contribution in [0.3, 0.4) is 0 Å². The number of amides is 1. The van der Waals surface area contributed by atoms with Crippen LogP contribution in [0, 0.1) is 0 Å². The molecule has 0 fully saturated rings. The first-order chi connectivity index (χ1) is 15.2. The second-order valence-corrected chi connectivity index (χ2v) is 7.70. The first-order valence-electron chi connectivity index (χ1n) is 10.1. The molecule has 1 amide bonds. The lowest BCUT2D eigenvalue weighted by Crippen LogP contribution is -2.44. The van der Waals surface area contributed by atoms with Crippen molar-refractivity contribution in [1.82, 2.24) is 15.3 Å². The summed E-state index contributed by atoms with van der Waals surface area (Å²) in [5.41, 5.74) is 2.13. The molecule has 3 rings (SSSR count).